The van der Waals surface area contributed by atoms with Crippen LogP contribution in [0, 0.1) is 0 Å². The van der Waals surface area contributed by atoms with E-state index in [0.717, 1.165) is 24.3 Å². The molecule has 180 valence electrons. The molecule has 2 aromatic rings. The molecule has 0 atom stereocenters. The van der Waals surface area contributed by atoms with Gasteiger partial charge in [-0.1, -0.05) is 12.5 Å². The first-order valence-electron chi connectivity index (χ1n) is 11.1. The van der Waals surface area contributed by atoms with Crippen LogP contribution in [0.1, 0.15) is 41.6 Å². The van der Waals surface area contributed by atoms with Gasteiger partial charge in [0.25, 0.3) is 0 Å². The summed E-state index contributed by atoms with van der Waals surface area (Å²) in [5.41, 5.74) is 1.39. The fourth-order valence-electron chi connectivity index (χ4n) is 3.84. The molecule has 1 heterocycles. The topological polar surface area (TPSA) is 57.2 Å². The van der Waals surface area contributed by atoms with Crippen LogP contribution in [0.2, 0.25) is 0 Å². The third-order valence-corrected chi connectivity index (χ3v) is 5.59. The van der Waals surface area contributed by atoms with Crippen LogP contribution >= 0.6 is 12.4 Å². The SMILES string of the molecule is COc1cc(/C=C/C(=O)c2ccc(OCCCN3CCCCC3)cc2)cc(OC)c1OC.Cl. The molecule has 2 aromatic carbocycles. The zero-order valence-corrected chi connectivity index (χ0v) is 20.5. The molecule has 0 unspecified atom stereocenters. The first kappa shape index (κ1) is 26.6. The summed E-state index contributed by atoms with van der Waals surface area (Å²) in [7, 11) is 4.68. The van der Waals surface area contributed by atoms with Gasteiger partial charge in [-0.25, -0.2) is 0 Å². The quantitative estimate of drug-likeness (QED) is 0.250. The number of methoxy groups -OCH3 is 3. The van der Waals surface area contributed by atoms with Crippen molar-refractivity contribution in [3.63, 3.8) is 0 Å². The molecule has 0 spiro atoms. The van der Waals surface area contributed by atoms with Crippen LogP contribution in [-0.2, 0) is 0 Å². The summed E-state index contributed by atoms with van der Waals surface area (Å²) >= 11 is 0. The maximum atomic E-state index is 12.6. The maximum absolute atomic E-state index is 12.6. The Bertz CT molecular complexity index is 882. The average Bonchev–Trinajstić information content (AvgIpc) is 2.85. The smallest absolute Gasteiger partial charge is 0.203 e. The zero-order chi connectivity index (χ0) is 22.8. The lowest BCUT2D eigenvalue weighted by molar-refractivity contribution is 0.104. The molecule has 0 N–H and O–H groups in total. The van der Waals surface area contributed by atoms with Gasteiger partial charge in [-0.05, 0) is 80.4 Å². The number of hydrogen-bond acceptors (Lipinski definition) is 6. The highest BCUT2D eigenvalue weighted by atomic mass is 35.5. The molecule has 6 nitrogen and oxygen atoms in total. The number of likely N-dealkylation sites (tertiary alicyclic amines) is 1. The van der Waals surface area contributed by atoms with Gasteiger partial charge in [0.05, 0.1) is 27.9 Å². The Morgan fingerprint density at radius 2 is 1.58 bits per heavy atom. The maximum Gasteiger partial charge on any atom is 0.203 e. The van der Waals surface area contributed by atoms with Gasteiger partial charge in [0.15, 0.2) is 17.3 Å². The molecule has 1 aliphatic heterocycles. The van der Waals surface area contributed by atoms with Gasteiger partial charge in [-0.3, -0.25) is 4.79 Å². The summed E-state index contributed by atoms with van der Waals surface area (Å²) < 4.78 is 21.9. The summed E-state index contributed by atoms with van der Waals surface area (Å²) in [6.45, 7) is 4.19. The van der Waals surface area contributed by atoms with Gasteiger partial charge in [0, 0.05) is 12.1 Å². The lowest BCUT2D eigenvalue weighted by atomic mass is 10.1. The number of benzene rings is 2. The molecule has 0 aromatic heterocycles. The molecule has 0 bridgehead atoms. The van der Waals surface area contributed by atoms with Crippen LogP contribution in [-0.4, -0.2) is 58.3 Å². The van der Waals surface area contributed by atoms with Crippen molar-refractivity contribution in [2.45, 2.75) is 25.7 Å². The molecule has 1 fully saturated rings. The zero-order valence-electron chi connectivity index (χ0n) is 19.7. The Labute approximate surface area is 202 Å². The highest BCUT2D eigenvalue weighted by Crippen LogP contribution is 2.38. The van der Waals surface area contributed by atoms with Crippen LogP contribution in [0.4, 0.5) is 0 Å². The Morgan fingerprint density at radius 1 is 0.939 bits per heavy atom. The van der Waals surface area contributed by atoms with E-state index in [1.54, 1.807) is 51.7 Å². The van der Waals surface area contributed by atoms with Gasteiger partial charge < -0.3 is 23.8 Å². The van der Waals surface area contributed by atoms with Crippen LogP contribution < -0.4 is 18.9 Å². The number of carbonyl (C=O) groups is 1. The molecule has 3 rings (SSSR count). The van der Waals surface area contributed by atoms with E-state index in [0.29, 0.717) is 29.4 Å². The Morgan fingerprint density at radius 3 is 2.15 bits per heavy atom. The number of ketones is 1. The highest BCUT2D eigenvalue weighted by Gasteiger charge is 2.12. The summed E-state index contributed by atoms with van der Waals surface area (Å²) in [4.78, 5) is 15.1. The van der Waals surface area contributed by atoms with E-state index in [1.165, 1.54) is 38.4 Å². The first-order valence-corrected chi connectivity index (χ1v) is 11.1. The summed E-state index contributed by atoms with van der Waals surface area (Å²) in [5.74, 6) is 2.30. The normalized spacial score (nSPS) is 13.9. The number of rotatable bonds is 11. The molecular weight excluding hydrogens is 442 g/mol. The monoisotopic (exact) mass is 475 g/mol. The summed E-state index contributed by atoms with van der Waals surface area (Å²) in [6, 6.07) is 10.9. The molecule has 0 saturated carbocycles. The van der Waals surface area contributed by atoms with Crippen molar-refractivity contribution in [3.8, 4) is 23.0 Å². The standard InChI is InChI=1S/C26H33NO5.ClH/c1-29-24-18-20(19-25(30-2)26(24)31-3)8-13-23(28)21-9-11-22(12-10-21)32-17-7-16-27-14-5-4-6-15-27;/h8-13,18-19H,4-7,14-17H2,1-3H3;1H/b13-8+;. The Hall–Kier alpha value is -2.70. The number of halogens is 1. The number of piperidine rings is 1. The second-order valence-corrected chi connectivity index (χ2v) is 7.78. The molecule has 0 amide bonds. The second kappa shape index (κ2) is 13.8. The molecule has 0 radical (unpaired) electrons. The minimum Gasteiger partial charge on any atom is -0.494 e. The van der Waals surface area contributed by atoms with Gasteiger partial charge in [0.1, 0.15) is 5.75 Å². The van der Waals surface area contributed by atoms with Crippen molar-refractivity contribution in [2.24, 2.45) is 0 Å². The molecule has 33 heavy (non-hydrogen) atoms. The number of carbonyl (C=O) groups excluding carboxylic acids is 1. The number of ether oxygens (including phenoxy) is 4. The third-order valence-electron chi connectivity index (χ3n) is 5.59. The van der Waals surface area contributed by atoms with Crippen LogP contribution in [0.15, 0.2) is 42.5 Å². The predicted molar refractivity (Wildman–Crippen MR) is 134 cm³/mol. The molecule has 7 heteroatoms. The fourth-order valence-corrected chi connectivity index (χ4v) is 3.84. The molecular formula is C26H34ClNO5. The first-order chi connectivity index (χ1) is 15.6. The van der Waals surface area contributed by atoms with E-state index in [2.05, 4.69) is 4.90 Å². The van der Waals surface area contributed by atoms with Gasteiger partial charge in [-0.2, -0.15) is 0 Å². The van der Waals surface area contributed by atoms with Crippen LogP contribution in [0.25, 0.3) is 6.08 Å². The van der Waals surface area contributed by atoms with E-state index in [4.69, 9.17) is 18.9 Å². The fraction of sp³-hybridized carbons (Fsp3) is 0.423. The minimum absolute atomic E-state index is 0. The third kappa shape index (κ3) is 7.69. The van der Waals surface area contributed by atoms with E-state index in [-0.39, 0.29) is 18.2 Å². The van der Waals surface area contributed by atoms with E-state index in [9.17, 15) is 4.79 Å². The number of allylic oxidation sites excluding steroid dienone is 1. The Balaban J connectivity index is 0.00000385. The number of hydrogen-bond donors (Lipinski definition) is 0. The van der Waals surface area contributed by atoms with E-state index < -0.39 is 0 Å². The Kier molecular flexibility index (Phi) is 11.1. The van der Waals surface area contributed by atoms with Gasteiger partial charge in [0.2, 0.25) is 5.75 Å². The van der Waals surface area contributed by atoms with Crippen molar-refractivity contribution in [1.29, 1.82) is 0 Å². The lowest BCUT2D eigenvalue weighted by Crippen LogP contribution is -2.31. The summed E-state index contributed by atoms with van der Waals surface area (Å²) in [5, 5.41) is 0. The minimum atomic E-state index is -0.0876. The largest absolute Gasteiger partial charge is 0.494 e. The molecule has 1 saturated heterocycles. The highest BCUT2D eigenvalue weighted by molar-refractivity contribution is 6.06. The van der Waals surface area contributed by atoms with E-state index >= 15 is 0 Å². The van der Waals surface area contributed by atoms with Crippen LogP contribution in [0.5, 0.6) is 23.0 Å². The molecule has 1 aliphatic rings. The van der Waals surface area contributed by atoms with Gasteiger partial charge >= 0.3 is 0 Å². The van der Waals surface area contributed by atoms with Crippen molar-refractivity contribution in [2.75, 3.05) is 47.6 Å². The predicted octanol–water partition coefficient (Wildman–Crippen LogP) is 5.29. The van der Waals surface area contributed by atoms with Crippen molar-refractivity contribution < 1.29 is 23.7 Å². The van der Waals surface area contributed by atoms with Crippen molar-refractivity contribution >= 4 is 24.3 Å². The van der Waals surface area contributed by atoms with Crippen molar-refractivity contribution in [3.05, 3.63) is 53.6 Å². The summed E-state index contributed by atoms with van der Waals surface area (Å²) in [6.07, 6.45) is 8.26. The van der Waals surface area contributed by atoms with Crippen molar-refractivity contribution in [1.82, 2.24) is 4.90 Å². The second-order valence-electron chi connectivity index (χ2n) is 7.78. The van der Waals surface area contributed by atoms with E-state index in [1.807, 2.05) is 12.1 Å². The average molecular weight is 476 g/mol. The molecule has 0 aliphatic carbocycles. The lowest BCUT2D eigenvalue weighted by Gasteiger charge is -2.26. The number of nitrogens with zero attached hydrogens (tertiary/aromatic N) is 1. The van der Waals surface area contributed by atoms with Crippen LogP contribution in [0.3, 0.4) is 0 Å². The van der Waals surface area contributed by atoms with Gasteiger partial charge in [-0.15, -0.1) is 12.4 Å².